The molecule has 3 heteroatoms. The molecule has 2 aromatic heterocycles. The molecule has 0 atom stereocenters. The first kappa shape index (κ1) is 26.8. The molecule has 0 spiro atoms. The quantitative estimate of drug-likeness (QED) is 0.186. The third kappa shape index (κ3) is 5.68. The summed E-state index contributed by atoms with van der Waals surface area (Å²) >= 11 is 3.82. The molecular formula is C40H27BrN2. The molecule has 0 fully saturated rings. The monoisotopic (exact) mass is 614 g/mol. The second-order valence-electron chi connectivity index (χ2n) is 10.4. The van der Waals surface area contributed by atoms with Gasteiger partial charge in [-0.25, -0.2) is 0 Å². The average Bonchev–Trinajstić information content (AvgIpc) is 3.09. The van der Waals surface area contributed by atoms with Crippen LogP contribution >= 0.6 is 15.9 Å². The largest absolute Gasteiger partial charge is 0.256 e. The summed E-state index contributed by atoms with van der Waals surface area (Å²) < 4.78 is 1.03. The van der Waals surface area contributed by atoms with Crippen molar-refractivity contribution < 1.29 is 0 Å². The number of aromatic nitrogens is 2. The van der Waals surface area contributed by atoms with Gasteiger partial charge in [0, 0.05) is 39.1 Å². The Labute approximate surface area is 260 Å². The van der Waals surface area contributed by atoms with Crippen molar-refractivity contribution >= 4 is 15.9 Å². The lowest BCUT2D eigenvalue weighted by Gasteiger charge is -2.15. The molecule has 2 nitrogen and oxygen atoms in total. The van der Waals surface area contributed by atoms with E-state index in [0.29, 0.717) is 0 Å². The number of halogens is 1. The normalized spacial score (nSPS) is 10.9. The zero-order chi connectivity index (χ0) is 29.0. The number of benzene rings is 5. The van der Waals surface area contributed by atoms with Crippen LogP contribution in [0.25, 0.3) is 67.0 Å². The van der Waals surface area contributed by atoms with Crippen molar-refractivity contribution in [2.24, 2.45) is 0 Å². The SMILES string of the molecule is Brc1cc(-c2ccccc2-c2ccc(-c3ccccc3)nc2)cc(-c2ccccc2-c2ccc(-c3ccccc3)nc2)c1. The van der Waals surface area contributed by atoms with Crippen LogP contribution in [0.5, 0.6) is 0 Å². The van der Waals surface area contributed by atoms with Crippen LogP contribution in [0.2, 0.25) is 0 Å². The molecule has 0 saturated carbocycles. The smallest absolute Gasteiger partial charge is 0.0702 e. The van der Waals surface area contributed by atoms with Crippen LogP contribution in [-0.4, -0.2) is 9.97 Å². The van der Waals surface area contributed by atoms with Gasteiger partial charge in [0.15, 0.2) is 0 Å². The van der Waals surface area contributed by atoms with E-state index in [1.165, 1.54) is 0 Å². The average molecular weight is 616 g/mol. The molecular weight excluding hydrogens is 588 g/mol. The first-order valence-corrected chi connectivity index (χ1v) is 15.1. The van der Waals surface area contributed by atoms with Crippen molar-refractivity contribution in [1.82, 2.24) is 9.97 Å². The summed E-state index contributed by atoms with van der Waals surface area (Å²) in [5, 5.41) is 0. The molecule has 2 heterocycles. The number of rotatable bonds is 6. The van der Waals surface area contributed by atoms with Gasteiger partial charge in [-0.1, -0.05) is 137 Å². The maximum absolute atomic E-state index is 4.80. The lowest BCUT2D eigenvalue weighted by atomic mass is 9.91. The molecule has 0 aliphatic carbocycles. The molecule has 0 aliphatic heterocycles. The van der Waals surface area contributed by atoms with Gasteiger partial charge in [0.2, 0.25) is 0 Å². The highest BCUT2D eigenvalue weighted by Gasteiger charge is 2.13. The first-order chi connectivity index (χ1) is 21.2. The molecule has 204 valence electrons. The summed E-state index contributed by atoms with van der Waals surface area (Å²) in [5.74, 6) is 0. The van der Waals surface area contributed by atoms with Gasteiger partial charge < -0.3 is 0 Å². The van der Waals surface area contributed by atoms with E-state index in [4.69, 9.17) is 9.97 Å². The second-order valence-corrected chi connectivity index (χ2v) is 11.3. The lowest BCUT2D eigenvalue weighted by Crippen LogP contribution is -1.91. The summed E-state index contributed by atoms with van der Waals surface area (Å²) in [6, 6.07) is 52.8. The molecule has 0 bridgehead atoms. The molecule has 0 N–H and O–H groups in total. The molecule has 0 amide bonds. The van der Waals surface area contributed by atoms with Crippen molar-refractivity contribution in [3.8, 4) is 67.0 Å². The van der Waals surface area contributed by atoms with Gasteiger partial charge in [-0.15, -0.1) is 0 Å². The highest BCUT2D eigenvalue weighted by Crippen LogP contribution is 2.39. The van der Waals surface area contributed by atoms with E-state index in [9.17, 15) is 0 Å². The fourth-order valence-corrected chi connectivity index (χ4v) is 6.03. The molecule has 0 aliphatic rings. The van der Waals surface area contributed by atoms with E-state index >= 15 is 0 Å². The first-order valence-electron chi connectivity index (χ1n) is 14.3. The van der Waals surface area contributed by atoms with Crippen LogP contribution in [-0.2, 0) is 0 Å². The third-order valence-corrected chi connectivity index (χ3v) is 8.12. The molecule has 0 saturated heterocycles. The van der Waals surface area contributed by atoms with Crippen LogP contribution in [0.1, 0.15) is 0 Å². The van der Waals surface area contributed by atoms with Crippen molar-refractivity contribution in [3.05, 3.63) is 169 Å². The Hall–Kier alpha value is -5.12. The van der Waals surface area contributed by atoms with E-state index in [1.54, 1.807) is 0 Å². The standard InChI is InChI=1S/C40H27BrN2/c41-34-24-32(37-17-9-7-15-35(37)30-19-21-39(42-26-30)28-11-3-1-4-12-28)23-33(25-34)38-18-10-8-16-36(38)31-20-22-40(43-27-31)29-13-5-2-6-14-29/h1-27H. The van der Waals surface area contributed by atoms with E-state index < -0.39 is 0 Å². The number of hydrogen-bond acceptors (Lipinski definition) is 2. The van der Waals surface area contributed by atoms with Crippen molar-refractivity contribution in [1.29, 1.82) is 0 Å². The molecule has 0 unspecified atom stereocenters. The van der Waals surface area contributed by atoms with E-state index in [1.807, 2.05) is 48.8 Å². The van der Waals surface area contributed by atoms with Crippen LogP contribution in [0.15, 0.2) is 169 Å². The fraction of sp³-hybridized carbons (Fsp3) is 0. The molecule has 7 rings (SSSR count). The molecule has 7 aromatic rings. The minimum Gasteiger partial charge on any atom is -0.256 e. The number of hydrogen-bond donors (Lipinski definition) is 0. The van der Waals surface area contributed by atoms with Gasteiger partial charge in [0.25, 0.3) is 0 Å². The summed E-state index contributed by atoms with van der Waals surface area (Å²) in [6.07, 6.45) is 3.95. The number of pyridine rings is 2. The maximum Gasteiger partial charge on any atom is 0.0702 e. The van der Waals surface area contributed by atoms with Crippen LogP contribution in [0.3, 0.4) is 0 Å². The third-order valence-electron chi connectivity index (χ3n) is 7.66. The predicted molar refractivity (Wildman–Crippen MR) is 182 cm³/mol. The van der Waals surface area contributed by atoms with Crippen LogP contribution < -0.4 is 0 Å². The predicted octanol–water partition coefficient (Wildman–Crippen LogP) is 11.2. The summed E-state index contributed by atoms with van der Waals surface area (Å²) in [5.41, 5.74) is 13.2. The second kappa shape index (κ2) is 12.0. The Morgan fingerprint density at radius 3 is 1.07 bits per heavy atom. The van der Waals surface area contributed by atoms with Gasteiger partial charge >= 0.3 is 0 Å². The van der Waals surface area contributed by atoms with Gasteiger partial charge in [-0.05, 0) is 63.7 Å². The Kier molecular flexibility index (Phi) is 7.47. The van der Waals surface area contributed by atoms with Gasteiger partial charge in [0.05, 0.1) is 11.4 Å². The topological polar surface area (TPSA) is 25.8 Å². The molecule has 5 aromatic carbocycles. The Morgan fingerprint density at radius 1 is 0.326 bits per heavy atom. The highest BCUT2D eigenvalue weighted by molar-refractivity contribution is 9.10. The summed E-state index contributed by atoms with van der Waals surface area (Å²) in [4.78, 5) is 9.60. The van der Waals surface area contributed by atoms with Gasteiger partial charge in [0.1, 0.15) is 0 Å². The summed E-state index contributed by atoms with van der Waals surface area (Å²) in [7, 11) is 0. The Morgan fingerprint density at radius 2 is 0.698 bits per heavy atom. The van der Waals surface area contributed by atoms with Crippen LogP contribution in [0, 0.1) is 0 Å². The number of nitrogens with zero attached hydrogens (tertiary/aromatic N) is 2. The Balaban J connectivity index is 1.26. The minimum atomic E-state index is 0.967. The van der Waals surface area contributed by atoms with Gasteiger partial charge in [-0.3, -0.25) is 9.97 Å². The van der Waals surface area contributed by atoms with E-state index in [-0.39, 0.29) is 0 Å². The zero-order valence-corrected chi connectivity index (χ0v) is 24.9. The van der Waals surface area contributed by atoms with Gasteiger partial charge in [-0.2, -0.15) is 0 Å². The van der Waals surface area contributed by atoms with Crippen molar-refractivity contribution in [2.75, 3.05) is 0 Å². The highest BCUT2D eigenvalue weighted by atomic mass is 79.9. The fourth-order valence-electron chi connectivity index (χ4n) is 5.54. The lowest BCUT2D eigenvalue weighted by molar-refractivity contribution is 1.32. The zero-order valence-electron chi connectivity index (χ0n) is 23.4. The molecule has 43 heavy (non-hydrogen) atoms. The van der Waals surface area contributed by atoms with Crippen LogP contribution in [0.4, 0.5) is 0 Å². The van der Waals surface area contributed by atoms with Crippen molar-refractivity contribution in [3.63, 3.8) is 0 Å². The molecule has 0 radical (unpaired) electrons. The van der Waals surface area contributed by atoms with E-state index in [2.05, 4.69) is 131 Å². The van der Waals surface area contributed by atoms with E-state index in [0.717, 1.165) is 71.5 Å². The maximum atomic E-state index is 4.80. The minimum absolute atomic E-state index is 0.967. The van der Waals surface area contributed by atoms with Crippen molar-refractivity contribution in [2.45, 2.75) is 0 Å². The Bertz CT molecular complexity index is 1860. The summed E-state index contributed by atoms with van der Waals surface area (Å²) in [6.45, 7) is 0.